The van der Waals surface area contributed by atoms with E-state index in [1.165, 1.54) is 12.8 Å². The third kappa shape index (κ3) is 12.2. The molecule has 0 amide bonds. The molecular formula is C10H27B2N3O2. The Hall–Kier alpha value is -0.0701. The summed E-state index contributed by atoms with van der Waals surface area (Å²) in [6, 6.07) is 0. The molecule has 0 radical (unpaired) electrons. The fourth-order valence-electron chi connectivity index (χ4n) is 1.66. The molecule has 0 aromatic carbocycles. The van der Waals surface area contributed by atoms with Crippen molar-refractivity contribution < 1.29 is 9.31 Å². The van der Waals surface area contributed by atoms with E-state index in [4.69, 9.17) is 15.0 Å². The van der Waals surface area contributed by atoms with Crippen molar-refractivity contribution in [1.29, 1.82) is 0 Å². The summed E-state index contributed by atoms with van der Waals surface area (Å²) in [7, 11) is 4.80. The minimum atomic E-state index is 0.637. The molecule has 0 saturated heterocycles. The number of unbranched alkanes of at least 4 members (excludes halogenated alkanes) is 2. The topological polar surface area (TPSA) is 59.8 Å². The third-order valence-corrected chi connectivity index (χ3v) is 2.56. The minimum Gasteiger partial charge on any atom is -0.427 e. The second-order valence-electron chi connectivity index (χ2n) is 4.17. The van der Waals surface area contributed by atoms with Crippen molar-refractivity contribution in [2.24, 2.45) is 5.73 Å². The molecule has 0 aliphatic rings. The van der Waals surface area contributed by atoms with E-state index in [9.17, 15) is 0 Å². The van der Waals surface area contributed by atoms with Crippen LogP contribution < -0.4 is 11.0 Å². The van der Waals surface area contributed by atoms with Crippen LogP contribution in [0.15, 0.2) is 0 Å². The molecule has 0 heterocycles. The van der Waals surface area contributed by atoms with E-state index in [1.807, 2.05) is 0 Å². The second-order valence-corrected chi connectivity index (χ2v) is 4.17. The van der Waals surface area contributed by atoms with Gasteiger partial charge in [-0.15, -0.1) is 0 Å². The van der Waals surface area contributed by atoms with E-state index < -0.39 is 0 Å². The smallest absolute Gasteiger partial charge is 0.363 e. The molecule has 0 atom stereocenters. The fraction of sp³-hybridized carbons (Fsp3) is 1.00. The lowest BCUT2D eigenvalue weighted by atomic mass is 10.1. The van der Waals surface area contributed by atoms with Crippen LogP contribution in [0.2, 0.25) is 0 Å². The summed E-state index contributed by atoms with van der Waals surface area (Å²) in [5, 5.41) is 3.20. The summed E-state index contributed by atoms with van der Waals surface area (Å²) in [6.45, 7) is 3.96. The Labute approximate surface area is 107 Å². The van der Waals surface area contributed by atoms with Crippen molar-refractivity contribution >= 4 is 15.2 Å². The van der Waals surface area contributed by atoms with E-state index in [0.29, 0.717) is 7.62 Å². The number of nitrogens with two attached hydrogens (primary N) is 1. The molecule has 7 heteroatoms. The first-order chi connectivity index (χ1) is 8.35. The van der Waals surface area contributed by atoms with Gasteiger partial charge < -0.3 is 25.1 Å². The summed E-state index contributed by atoms with van der Waals surface area (Å²) >= 11 is 0. The summed E-state index contributed by atoms with van der Waals surface area (Å²) in [6.07, 6.45) is 4.60. The van der Waals surface area contributed by atoms with Crippen LogP contribution in [-0.4, -0.2) is 60.4 Å². The van der Waals surface area contributed by atoms with Gasteiger partial charge in [-0.25, -0.2) is 0 Å². The molecular weight excluding hydrogens is 216 g/mol. The van der Waals surface area contributed by atoms with Gasteiger partial charge in [0.05, 0.1) is 0 Å². The third-order valence-electron chi connectivity index (χ3n) is 2.56. The van der Waals surface area contributed by atoms with Crippen LogP contribution >= 0.6 is 0 Å². The zero-order chi connectivity index (χ0) is 12.8. The van der Waals surface area contributed by atoms with E-state index in [2.05, 4.69) is 10.0 Å². The molecule has 5 nitrogen and oxygen atoms in total. The SMILES string of the molecule is COBNCCCCN(BOC)CCCCN. The number of rotatable bonds is 13. The molecule has 0 aliphatic heterocycles. The zero-order valence-electron chi connectivity index (χ0n) is 11.4. The predicted molar refractivity (Wildman–Crippen MR) is 75.4 cm³/mol. The molecule has 100 valence electrons. The van der Waals surface area contributed by atoms with E-state index in [1.54, 1.807) is 14.2 Å². The Kier molecular flexibility index (Phi) is 13.9. The Morgan fingerprint density at radius 1 is 1.06 bits per heavy atom. The first-order valence-corrected chi connectivity index (χ1v) is 6.46. The van der Waals surface area contributed by atoms with Crippen LogP contribution in [0.4, 0.5) is 0 Å². The van der Waals surface area contributed by atoms with Crippen molar-refractivity contribution in [3.63, 3.8) is 0 Å². The lowest BCUT2D eigenvalue weighted by Gasteiger charge is -2.20. The maximum absolute atomic E-state index is 5.49. The van der Waals surface area contributed by atoms with Crippen LogP contribution in [0.1, 0.15) is 25.7 Å². The van der Waals surface area contributed by atoms with Crippen LogP contribution in [0.3, 0.4) is 0 Å². The molecule has 0 rings (SSSR count). The number of hydrogen-bond acceptors (Lipinski definition) is 5. The van der Waals surface area contributed by atoms with Crippen molar-refractivity contribution in [1.82, 2.24) is 10.0 Å². The van der Waals surface area contributed by atoms with Gasteiger partial charge in [-0.05, 0) is 51.9 Å². The molecule has 0 unspecified atom stereocenters. The molecule has 0 aliphatic carbocycles. The molecule has 0 saturated carbocycles. The van der Waals surface area contributed by atoms with Gasteiger partial charge in [-0.2, -0.15) is 0 Å². The van der Waals surface area contributed by atoms with Crippen LogP contribution in [-0.2, 0) is 9.31 Å². The predicted octanol–water partition coefficient (Wildman–Crippen LogP) is -0.777. The van der Waals surface area contributed by atoms with Crippen molar-refractivity contribution in [2.75, 3.05) is 40.4 Å². The zero-order valence-corrected chi connectivity index (χ0v) is 11.4. The van der Waals surface area contributed by atoms with Gasteiger partial charge in [-0.1, -0.05) is 0 Å². The molecule has 17 heavy (non-hydrogen) atoms. The summed E-state index contributed by atoms with van der Waals surface area (Å²) in [5.41, 5.74) is 5.49. The largest absolute Gasteiger partial charge is 0.427 e. The van der Waals surface area contributed by atoms with Crippen molar-refractivity contribution in [2.45, 2.75) is 25.7 Å². The molecule has 0 spiro atoms. The maximum atomic E-state index is 5.49. The first-order valence-electron chi connectivity index (χ1n) is 6.46. The fourth-order valence-corrected chi connectivity index (χ4v) is 1.66. The number of hydrogen-bond donors (Lipinski definition) is 2. The second kappa shape index (κ2) is 14.0. The summed E-state index contributed by atoms with van der Waals surface area (Å²) < 4.78 is 10.1. The maximum Gasteiger partial charge on any atom is 0.363 e. The molecule has 0 fully saturated rings. The van der Waals surface area contributed by atoms with Gasteiger partial charge in [0.1, 0.15) is 0 Å². The van der Waals surface area contributed by atoms with Gasteiger partial charge in [0.2, 0.25) is 0 Å². The minimum absolute atomic E-state index is 0.637. The number of nitrogens with one attached hydrogen (secondary N) is 1. The molecule has 0 bridgehead atoms. The van der Waals surface area contributed by atoms with Crippen molar-refractivity contribution in [3.05, 3.63) is 0 Å². The molecule has 0 aromatic rings. The number of nitrogens with zero attached hydrogens (tertiary/aromatic N) is 1. The van der Waals surface area contributed by atoms with E-state index in [0.717, 1.165) is 46.6 Å². The highest BCUT2D eigenvalue weighted by atomic mass is 16.4. The van der Waals surface area contributed by atoms with Gasteiger partial charge in [-0.3, -0.25) is 0 Å². The van der Waals surface area contributed by atoms with Gasteiger partial charge in [0.15, 0.2) is 0 Å². The Morgan fingerprint density at radius 2 is 1.76 bits per heavy atom. The lowest BCUT2D eigenvalue weighted by Crippen LogP contribution is -2.32. The summed E-state index contributed by atoms with van der Waals surface area (Å²) in [4.78, 5) is 2.34. The van der Waals surface area contributed by atoms with Crippen molar-refractivity contribution in [3.8, 4) is 0 Å². The quantitative estimate of drug-likeness (QED) is 0.328. The standard InChI is InChI=1S/C10H27B2N3O2/c1-16-11-14-8-4-6-10-15(12-17-2)9-5-3-7-13/h11-12,14H,3-10,13H2,1-2H3. The molecule has 3 N–H and O–H groups in total. The van der Waals surface area contributed by atoms with Crippen LogP contribution in [0.25, 0.3) is 0 Å². The summed E-state index contributed by atoms with van der Waals surface area (Å²) in [5.74, 6) is 0. The van der Waals surface area contributed by atoms with E-state index in [-0.39, 0.29) is 0 Å². The van der Waals surface area contributed by atoms with E-state index >= 15 is 0 Å². The normalized spacial score (nSPS) is 10.8. The highest BCUT2D eigenvalue weighted by Crippen LogP contribution is 1.97. The Balaban J connectivity index is 3.41. The van der Waals surface area contributed by atoms with Crippen LogP contribution in [0, 0.1) is 0 Å². The van der Waals surface area contributed by atoms with Gasteiger partial charge in [0.25, 0.3) is 0 Å². The highest BCUT2D eigenvalue weighted by Gasteiger charge is 2.05. The monoisotopic (exact) mass is 243 g/mol. The average molecular weight is 243 g/mol. The lowest BCUT2D eigenvalue weighted by molar-refractivity contribution is 0.327. The average Bonchev–Trinajstić information content (AvgIpc) is 2.34. The van der Waals surface area contributed by atoms with Gasteiger partial charge >= 0.3 is 15.2 Å². The van der Waals surface area contributed by atoms with Crippen LogP contribution in [0.5, 0.6) is 0 Å². The highest BCUT2D eigenvalue weighted by molar-refractivity contribution is 6.23. The molecule has 0 aromatic heterocycles. The Bertz CT molecular complexity index is 156. The van der Waals surface area contributed by atoms with Gasteiger partial charge in [0, 0.05) is 14.2 Å². The first kappa shape index (κ1) is 16.9. The Morgan fingerprint density at radius 3 is 2.35 bits per heavy atom.